The van der Waals surface area contributed by atoms with Gasteiger partial charge in [-0.1, -0.05) is 20.3 Å². The molecule has 134 valence electrons. The highest BCUT2D eigenvalue weighted by Crippen LogP contribution is 2.15. The minimum Gasteiger partial charge on any atom is -0.375 e. The lowest BCUT2D eigenvalue weighted by Crippen LogP contribution is -2.40. The Labute approximate surface area is 147 Å². The zero-order valence-electron chi connectivity index (χ0n) is 15.6. The molecule has 2 rings (SSSR count). The lowest BCUT2D eigenvalue weighted by atomic mass is 10.0. The van der Waals surface area contributed by atoms with E-state index in [2.05, 4.69) is 36.0 Å². The van der Waals surface area contributed by atoms with Gasteiger partial charge in [0.25, 0.3) is 5.91 Å². The quantitative estimate of drug-likeness (QED) is 0.793. The zero-order valence-corrected chi connectivity index (χ0v) is 15.6. The van der Waals surface area contributed by atoms with Crippen molar-refractivity contribution in [3.63, 3.8) is 0 Å². The van der Waals surface area contributed by atoms with Crippen molar-refractivity contribution in [2.75, 3.05) is 44.7 Å². The molecule has 0 spiro atoms. The Hall–Kier alpha value is -1.55. The summed E-state index contributed by atoms with van der Waals surface area (Å²) in [5.41, 5.74) is 1.91. The van der Waals surface area contributed by atoms with E-state index in [4.69, 9.17) is 0 Å². The van der Waals surface area contributed by atoms with Gasteiger partial charge >= 0.3 is 0 Å². The first-order valence-electron chi connectivity index (χ1n) is 9.42. The van der Waals surface area contributed by atoms with Crippen molar-refractivity contribution >= 4 is 11.6 Å². The van der Waals surface area contributed by atoms with Gasteiger partial charge < -0.3 is 15.1 Å². The van der Waals surface area contributed by atoms with E-state index < -0.39 is 0 Å². The number of rotatable bonds is 8. The number of carbonyl (C=O) groups excluding carboxylic acids is 1. The van der Waals surface area contributed by atoms with Gasteiger partial charge in [0.05, 0.1) is 0 Å². The van der Waals surface area contributed by atoms with Crippen LogP contribution in [-0.4, -0.2) is 50.6 Å². The fourth-order valence-corrected chi connectivity index (χ4v) is 3.31. The van der Waals surface area contributed by atoms with Crippen LogP contribution in [0.5, 0.6) is 0 Å². The molecule has 4 heteroatoms. The molecule has 1 aliphatic heterocycles. The van der Waals surface area contributed by atoms with Gasteiger partial charge in [-0.25, -0.2) is 0 Å². The number of nitrogens with zero attached hydrogens (tertiary/aromatic N) is 2. The molecule has 0 saturated carbocycles. The van der Waals surface area contributed by atoms with E-state index in [1.165, 1.54) is 37.9 Å². The number of amides is 1. The van der Waals surface area contributed by atoms with E-state index in [1.54, 1.807) is 0 Å². The summed E-state index contributed by atoms with van der Waals surface area (Å²) in [6.45, 7) is 9.57. The van der Waals surface area contributed by atoms with Crippen molar-refractivity contribution in [2.45, 2.75) is 39.5 Å². The third-order valence-corrected chi connectivity index (χ3v) is 4.87. The lowest BCUT2D eigenvalue weighted by molar-refractivity contribution is 0.0944. The summed E-state index contributed by atoms with van der Waals surface area (Å²) in [5, 5.41) is 3.05. The van der Waals surface area contributed by atoms with Crippen molar-refractivity contribution in [3.05, 3.63) is 29.8 Å². The minimum atomic E-state index is 0.0304. The normalized spacial score (nSPS) is 18.4. The average Bonchev–Trinajstić information content (AvgIpc) is 2.60. The second kappa shape index (κ2) is 9.67. The first kappa shape index (κ1) is 18.8. The van der Waals surface area contributed by atoms with Crippen LogP contribution in [0.25, 0.3) is 0 Å². The Morgan fingerprint density at radius 2 is 2.08 bits per heavy atom. The minimum absolute atomic E-state index is 0.0304. The maximum Gasteiger partial charge on any atom is 0.251 e. The van der Waals surface area contributed by atoms with E-state index >= 15 is 0 Å². The summed E-state index contributed by atoms with van der Waals surface area (Å²) >= 11 is 0. The van der Waals surface area contributed by atoms with Crippen LogP contribution >= 0.6 is 0 Å². The van der Waals surface area contributed by atoms with Crippen molar-refractivity contribution in [1.29, 1.82) is 0 Å². The van der Waals surface area contributed by atoms with Crippen LogP contribution in [0.4, 0.5) is 5.69 Å². The molecule has 1 atom stereocenters. The molecule has 24 heavy (non-hydrogen) atoms. The van der Waals surface area contributed by atoms with Crippen LogP contribution in [0.3, 0.4) is 0 Å². The second-order valence-corrected chi connectivity index (χ2v) is 7.13. The van der Waals surface area contributed by atoms with Gasteiger partial charge in [-0.3, -0.25) is 4.79 Å². The first-order valence-corrected chi connectivity index (χ1v) is 9.42. The molecule has 0 radical (unpaired) electrons. The topological polar surface area (TPSA) is 35.6 Å². The van der Waals surface area contributed by atoms with Gasteiger partial charge in [0.15, 0.2) is 0 Å². The van der Waals surface area contributed by atoms with E-state index in [-0.39, 0.29) is 5.91 Å². The van der Waals surface area contributed by atoms with Crippen LogP contribution in [0.15, 0.2) is 24.3 Å². The van der Waals surface area contributed by atoms with Crippen LogP contribution in [-0.2, 0) is 0 Å². The molecule has 1 amide bonds. The standard InChI is InChI=1S/C20H33N3O/c1-4-5-13-22(3)19-10-8-18(9-11-19)20(24)21-12-15-23-14-6-7-17(2)16-23/h8-11,17H,4-7,12-16H2,1-3H3,(H,21,24). The Balaban J connectivity index is 1.75. The molecule has 0 aliphatic carbocycles. The number of hydrogen-bond donors (Lipinski definition) is 1. The van der Waals surface area contributed by atoms with Gasteiger partial charge in [0.1, 0.15) is 0 Å². The third kappa shape index (κ3) is 5.82. The van der Waals surface area contributed by atoms with Crippen molar-refractivity contribution in [1.82, 2.24) is 10.2 Å². The maximum absolute atomic E-state index is 12.3. The highest BCUT2D eigenvalue weighted by molar-refractivity contribution is 5.94. The molecule has 1 aliphatic rings. The zero-order chi connectivity index (χ0) is 17.4. The highest BCUT2D eigenvalue weighted by Gasteiger charge is 2.16. The van der Waals surface area contributed by atoms with Gasteiger partial charge in [-0.05, 0) is 56.0 Å². The summed E-state index contributed by atoms with van der Waals surface area (Å²) in [6, 6.07) is 7.93. The maximum atomic E-state index is 12.3. The molecule has 1 heterocycles. The van der Waals surface area contributed by atoms with Crippen molar-refractivity contribution in [2.24, 2.45) is 5.92 Å². The Bertz CT molecular complexity index is 500. The summed E-state index contributed by atoms with van der Waals surface area (Å²) in [6.07, 6.45) is 5.00. The Kier molecular flexibility index (Phi) is 7.57. The monoisotopic (exact) mass is 331 g/mol. The fraction of sp³-hybridized carbons (Fsp3) is 0.650. The number of likely N-dealkylation sites (tertiary alicyclic amines) is 1. The number of nitrogens with one attached hydrogen (secondary N) is 1. The molecular weight excluding hydrogens is 298 g/mol. The number of hydrogen-bond acceptors (Lipinski definition) is 3. The molecule has 1 unspecified atom stereocenters. The predicted octanol–water partition coefficient (Wildman–Crippen LogP) is 3.38. The summed E-state index contributed by atoms with van der Waals surface area (Å²) in [5.74, 6) is 0.814. The highest BCUT2D eigenvalue weighted by atomic mass is 16.1. The SMILES string of the molecule is CCCCN(C)c1ccc(C(=O)NCCN2CCCC(C)C2)cc1. The van der Waals surface area contributed by atoms with Crippen LogP contribution in [0.2, 0.25) is 0 Å². The molecule has 1 aromatic rings. The first-order chi connectivity index (χ1) is 11.6. The van der Waals surface area contributed by atoms with Gasteiger partial charge in [-0.2, -0.15) is 0 Å². The summed E-state index contributed by atoms with van der Waals surface area (Å²) in [7, 11) is 2.10. The van der Waals surface area contributed by atoms with Crippen LogP contribution in [0.1, 0.15) is 49.9 Å². The van der Waals surface area contributed by atoms with Crippen molar-refractivity contribution < 1.29 is 4.79 Å². The molecule has 0 bridgehead atoms. The van der Waals surface area contributed by atoms with E-state index in [0.29, 0.717) is 0 Å². The molecule has 0 aromatic heterocycles. The number of anilines is 1. The smallest absolute Gasteiger partial charge is 0.251 e. The number of carbonyl (C=O) groups is 1. The molecule has 4 nitrogen and oxygen atoms in total. The summed E-state index contributed by atoms with van der Waals surface area (Å²) in [4.78, 5) is 17.0. The molecule has 1 fully saturated rings. The van der Waals surface area contributed by atoms with Gasteiger partial charge in [-0.15, -0.1) is 0 Å². The molecule has 1 saturated heterocycles. The fourth-order valence-electron chi connectivity index (χ4n) is 3.31. The van der Waals surface area contributed by atoms with E-state index in [0.717, 1.165) is 37.7 Å². The largest absolute Gasteiger partial charge is 0.375 e. The van der Waals surface area contributed by atoms with Gasteiger partial charge in [0.2, 0.25) is 0 Å². The molecule has 1 aromatic carbocycles. The Morgan fingerprint density at radius 1 is 1.33 bits per heavy atom. The van der Waals surface area contributed by atoms with Crippen LogP contribution in [0, 0.1) is 5.92 Å². The average molecular weight is 332 g/mol. The third-order valence-electron chi connectivity index (χ3n) is 4.87. The van der Waals surface area contributed by atoms with E-state index in [1.807, 2.05) is 24.3 Å². The molecule has 1 N–H and O–H groups in total. The number of unbranched alkanes of at least 4 members (excludes halogenated alkanes) is 1. The number of piperidine rings is 1. The van der Waals surface area contributed by atoms with Crippen molar-refractivity contribution in [3.8, 4) is 0 Å². The van der Waals surface area contributed by atoms with Gasteiger partial charge in [0, 0.05) is 44.5 Å². The predicted molar refractivity (Wildman–Crippen MR) is 102 cm³/mol. The second-order valence-electron chi connectivity index (χ2n) is 7.13. The van der Waals surface area contributed by atoms with Crippen LogP contribution < -0.4 is 10.2 Å². The summed E-state index contributed by atoms with van der Waals surface area (Å²) < 4.78 is 0. The Morgan fingerprint density at radius 3 is 2.75 bits per heavy atom. The van der Waals surface area contributed by atoms with E-state index in [9.17, 15) is 4.79 Å². The molecular formula is C20H33N3O. The lowest BCUT2D eigenvalue weighted by Gasteiger charge is -2.30. The number of benzene rings is 1.